The van der Waals surface area contributed by atoms with Crippen LogP contribution in [0.15, 0.2) is 54.7 Å². The van der Waals surface area contributed by atoms with Crippen molar-refractivity contribution < 1.29 is 9.47 Å². The lowest BCUT2D eigenvalue weighted by atomic mass is 10.2. The van der Waals surface area contributed by atoms with E-state index in [9.17, 15) is 0 Å². The summed E-state index contributed by atoms with van der Waals surface area (Å²) in [6.07, 6.45) is 2.10. The Morgan fingerprint density at radius 3 is 2.52 bits per heavy atom. The summed E-state index contributed by atoms with van der Waals surface area (Å²) in [5.74, 6) is 0.864. The Labute approximate surface area is 124 Å². The molecule has 0 aliphatic heterocycles. The van der Waals surface area contributed by atoms with Crippen LogP contribution in [-0.2, 0) is 4.74 Å². The lowest BCUT2D eigenvalue weighted by Gasteiger charge is -2.08. The quantitative estimate of drug-likeness (QED) is 0.661. The Hall–Kier alpha value is -2.26. The van der Waals surface area contributed by atoms with Crippen LogP contribution in [0.2, 0.25) is 0 Å². The van der Waals surface area contributed by atoms with E-state index in [1.807, 2.05) is 12.1 Å². The van der Waals surface area contributed by atoms with Gasteiger partial charge in [0.15, 0.2) is 0 Å². The van der Waals surface area contributed by atoms with Gasteiger partial charge in [0.1, 0.15) is 12.4 Å². The highest BCUT2D eigenvalue weighted by Crippen LogP contribution is 2.23. The van der Waals surface area contributed by atoms with Crippen molar-refractivity contribution in [2.45, 2.75) is 6.92 Å². The van der Waals surface area contributed by atoms with Crippen LogP contribution in [0.5, 0.6) is 5.75 Å². The SMILES string of the molecule is COCCOc1ccc(-n2ccc3cc(C)ccc32)cc1. The second kappa shape index (κ2) is 6.02. The predicted octanol–water partition coefficient (Wildman–Crippen LogP) is 3.96. The lowest BCUT2D eigenvalue weighted by Crippen LogP contribution is -2.04. The Bertz CT molecular complexity index is 729. The molecule has 0 atom stereocenters. The molecule has 0 unspecified atom stereocenters. The van der Waals surface area contributed by atoms with Crippen LogP contribution < -0.4 is 4.74 Å². The molecule has 3 aromatic rings. The second-order valence-electron chi connectivity index (χ2n) is 5.08. The average Bonchev–Trinajstić information content (AvgIpc) is 2.91. The van der Waals surface area contributed by atoms with Gasteiger partial charge in [-0.05, 0) is 49.4 Å². The molecular weight excluding hydrogens is 262 g/mol. The maximum absolute atomic E-state index is 5.59. The molecule has 108 valence electrons. The molecule has 3 heteroatoms. The van der Waals surface area contributed by atoms with Gasteiger partial charge in [0.25, 0.3) is 0 Å². The van der Waals surface area contributed by atoms with Gasteiger partial charge in [-0.15, -0.1) is 0 Å². The summed E-state index contributed by atoms with van der Waals surface area (Å²) in [6.45, 7) is 3.29. The number of fused-ring (bicyclic) bond motifs is 1. The predicted molar refractivity (Wildman–Crippen MR) is 85.4 cm³/mol. The van der Waals surface area contributed by atoms with Crippen LogP contribution in [0.4, 0.5) is 0 Å². The van der Waals surface area contributed by atoms with Crippen LogP contribution in [0, 0.1) is 6.92 Å². The number of benzene rings is 2. The van der Waals surface area contributed by atoms with Crippen molar-refractivity contribution in [1.29, 1.82) is 0 Å². The van der Waals surface area contributed by atoms with Crippen molar-refractivity contribution in [2.75, 3.05) is 20.3 Å². The van der Waals surface area contributed by atoms with Crippen LogP contribution in [0.3, 0.4) is 0 Å². The minimum atomic E-state index is 0.571. The molecule has 0 N–H and O–H groups in total. The number of methoxy groups -OCH3 is 1. The third-order valence-electron chi connectivity index (χ3n) is 3.52. The first kappa shape index (κ1) is 13.7. The zero-order valence-electron chi connectivity index (χ0n) is 12.4. The van der Waals surface area contributed by atoms with E-state index in [4.69, 9.17) is 9.47 Å². The standard InChI is InChI=1S/C18H19NO2/c1-14-3-8-18-15(13-14)9-10-19(18)16-4-6-17(7-5-16)21-12-11-20-2/h3-10,13H,11-12H2,1-2H3. The van der Waals surface area contributed by atoms with Gasteiger partial charge >= 0.3 is 0 Å². The molecule has 0 aliphatic rings. The summed E-state index contributed by atoms with van der Waals surface area (Å²) in [6, 6.07) is 16.8. The molecular formula is C18H19NO2. The van der Waals surface area contributed by atoms with Gasteiger partial charge < -0.3 is 14.0 Å². The number of nitrogens with zero attached hydrogens (tertiary/aromatic N) is 1. The summed E-state index contributed by atoms with van der Waals surface area (Å²) in [7, 11) is 1.67. The van der Waals surface area contributed by atoms with E-state index in [1.165, 1.54) is 16.5 Å². The number of ether oxygens (including phenoxy) is 2. The van der Waals surface area contributed by atoms with Gasteiger partial charge in [0.2, 0.25) is 0 Å². The van der Waals surface area contributed by atoms with Crippen molar-refractivity contribution >= 4 is 10.9 Å². The van der Waals surface area contributed by atoms with Gasteiger partial charge in [-0.25, -0.2) is 0 Å². The van der Waals surface area contributed by atoms with Crippen molar-refractivity contribution in [3.05, 3.63) is 60.3 Å². The van der Waals surface area contributed by atoms with Gasteiger partial charge in [-0.2, -0.15) is 0 Å². The summed E-state index contributed by atoms with van der Waals surface area (Å²) in [5, 5.41) is 1.26. The van der Waals surface area contributed by atoms with Crippen LogP contribution >= 0.6 is 0 Å². The molecule has 3 rings (SSSR count). The van der Waals surface area contributed by atoms with E-state index in [1.54, 1.807) is 7.11 Å². The molecule has 0 amide bonds. The molecule has 2 aromatic carbocycles. The van der Waals surface area contributed by atoms with Crippen molar-refractivity contribution in [3.8, 4) is 11.4 Å². The van der Waals surface area contributed by atoms with Crippen molar-refractivity contribution in [1.82, 2.24) is 4.57 Å². The van der Waals surface area contributed by atoms with E-state index in [-0.39, 0.29) is 0 Å². The third-order valence-corrected chi connectivity index (χ3v) is 3.52. The highest BCUT2D eigenvalue weighted by molar-refractivity contribution is 5.82. The highest BCUT2D eigenvalue weighted by Gasteiger charge is 2.03. The number of aryl methyl sites for hydroxylation is 1. The minimum absolute atomic E-state index is 0.571. The normalized spacial score (nSPS) is 11.0. The molecule has 21 heavy (non-hydrogen) atoms. The maximum Gasteiger partial charge on any atom is 0.119 e. The molecule has 0 spiro atoms. The lowest BCUT2D eigenvalue weighted by molar-refractivity contribution is 0.146. The number of aromatic nitrogens is 1. The molecule has 0 saturated heterocycles. The minimum Gasteiger partial charge on any atom is -0.491 e. The largest absolute Gasteiger partial charge is 0.491 e. The smallest absolute Gasteiger partial charge is 0.119 e. The number of rotatable bonds is 5. The van der Waals surface area contributed by atoms with E-state index >= 15 is 0 Å². The van der Waals surface area contributed by atoms with E-state index in [0.29, 0.717) is 13.2 Å². The molecule has 0 aliphatic carbocycles. The Balaban J connectivity index is 1.85. The molecule has 0 saturated carbocycles. The zero-order chi connectivity index (χ0) is 14.7. The Kier molecular flexibility index (Phi) is 3.93. The first-order valence-electron chi connectivity index (χ1n) is 7.08. The van der Waals surface area contributed by atoms with Gasteiger partial charge in [-0.1, -0.05) is 11.6 Å². The molecule has 0 radical (unpaired) electrons. The topological polar surface area (TPSA) is 23.4 Å². The first-order chi connectivity index (χ1) is 10.3. The Morgan fingerprint density at radius 1 is 0.952 bits per heavy atom. The fourth-order valence-corrected chi connectivity index (χ4v) is 2.43. The fraction of sp³-hybridized carbons (Fsp3) is 0.222. The summed E-state index contributed by atoms with van der Waals surface area (Å²) in [4.78, 5) is 0. The van der Waals surface area contributed by atoms with E-state index < -0.39 is 0 Å². The monoisotopic (exact) mass is 281 g/mol. The summed E-state index contributed by atoms with van der Waals surface area (Å²) < 4.78 is 12.8. The van der Waals surface area contributed by atoms with Gasteiger partial charge in [0.05, 0.1) is 12.1 Å². The first-order valence-corrected chi connectivity index (χ1v) is 7.08. The summed E-state index contributed by atoms with van der Waals surface area (Å²) in [5.41, 5.74) is 3.63. The molecule has 1 aromatic heterocycles. The van der Waals surface area contributed by atoms with Crippen LogP contribution in [0.25, 0.3) is 16.6 Å². The molecule has 3 nitrogen and oxygen atoms in total. The highest BCUT2D eigenvalue weighted by atomic mass is 16.5. The molecule has 0 bridgehead atoms. The zero-order valence-corrected chi connectivity index (χ0v) is 12.4. The van der Waals surface area contributed by atoms with Crippen molar-refractivity contribution in [3.63, 3.8) is 0 Å². The second-order valence-corrected chi connectivity index (χ2v) is 5.08. The molecule has 0 fully saturated rings. The van der Waals surface area contributed by atoms with Crippen LogP contribution in [0.1, 0.15) is 5.56 Å². The summed E-state index contributed by atoms with van der Waals surface area (Å²) >= 11 is 0. The molecule has 1 heterocycles. The fourth-order valence-electron chi connectivity index (χ4n) is 2.43. The van der Waals surface area contributed by atoms with E-state index in [2.05, 4.69) is 54.1 Å². The third kappa shape index (κ3) is 2.93. The van der Waals surface area contributed by atoms with Crippen molar-refractivity contribution in [2.24, 2.45) is 0 Å². The number of hydrogen-bond donors (Lipinski definition) is 0. The van der Waals surface area contributed by atoms with E-state index in [0.717, 1.165) is 11.4 Å². The maximum atomic E-state index is 5.59. The average molecular weight is 281 g/mol. The van der Waals surface area contributed by atoms with Crippen LogP contribution in [-0.4, -0.2) is 24.9 Å². The van der Waals surface area contributed by atoms with Gasteiger partial charge in [0, 0.05) is 24.4 Å². The van der Waals surface area contributed by atoms with Gasteiger partial charge in [-0.3, -0.25) is 0 Å². The number of hydrogen-bond acceptors (Lipinski definition) is 2. The Morgan fingerprint density at radius 2 is 1.76 bits per heavy atom.